The highest BCUT2D eigenvalue weighted by molar-refractivity contribution is 5.96. The maximum Gasteiger partial charge on any atom is 0.251 e. The van der Waals surface area contributed by atoms with Crippen molar-refractivity contribution < 1.29 is 14.3 Å². The number of hydrogen-bond donors (Lipinski definition) is 3. The van der Waals surface area contributed by atoms with E-state index < -0.39 is 0 Å². The quantitative estimate of drug-likeness (QED) is 0.322. The molecule has 0 saturated carbocycles. The molecule has 6 heteroatoms. The van der Waals surface area contributed by atoms with Crippen molar-refractivity contribution in [1.29, 1.82) is 0 Å². The van der Waals surface area contributed by atoms with Crippen LogP contribution in [0.4, 0.5) is 11.4 Å². The van der Waals surface area contributed by atoms with Crippen LogP contribution in [0.2, 0.25) is 0 Å². The molecule has 6 nitrogen and oxygen atoms in total. The van der Waals surface area contributed by atoms with Crippen molar-refractivity contribution in [1.82, 2.24) is 5.32 Å². The molecule has 0 saturated heterocycles. The normalized spacial score (nSPS) is 11.4. The molecule has 0 fully saturated rings. The summed E-state index contributed by atoms with van der Waals surface area (Å²) in [5.74, 6) is 0.479. The van der Waals surface area contributed by atoms with E-state index in [1.165, 1.54) is 5.56 Å². The third kappa shape index (κ3) is 8.28. The molecule has 0 aromatic heterocycles. The number of rotatable bonds is 12. The summed E-state index contributed by atoms with van der Waals surface area (Å²) in [5, 5.41) is 8.87. The molecule has 0 spiro atoms. The maximum absolute atomic E-state index is 12.3. The largest absolute Gasteiger partial charge is 0.494 e. The van der Waals surface area contributed by atoms with E-state index in [1.807, 2.05) is 62.4 Å². The van der Waals surface area contributed by atoms with Crippen LogP contribution in [0.15, 0.2) is 78.9 Å². The summed E-state index contributed by atoms with van der Waals surface area (Å²) in [5.41, 5.74) is 3.28. The predicted octanol–water partition coefficient (Wildman–Crippen LogP) is 5.28. The van der Waals surface area contributed by atoms with E-state index >= 15 is 0 Å². The van der Waals surface area contributed by atoms with Gasteiger partial charge in [-0.15, -0.1) is 0 Å². The molecule has 178 valence electrons. The van der Waals surface area contributed by atoms with Gasteiger partial charge >= 0.3 is 0 Å². The first kappa shape index (κ1) is 24.8. The van der Waals surface area contributed by atoms with E-state index in [-0.39, 0.29) is 24.4 Å². The van der Waals surface area contributed by atoms with Crippen LogP contribution >= 0.6 is 0 Å². The topological polar surface area (TPSA) is 79.5 Å². The van der Waals surface area contributed by atoms with Crippen molar-refractivity contribution >= 4 is 23.2 Å². The van der Waals surface area contributed by atoms with Crippen molar-refractivity contribution in [3.8, 4) is 5.75 Å². The molecule has 1 atom stereocenters. The van der Waals surface area contributed by atoms with Crippen LogP contribution in [-0.2, 0) is 11.2 Å². The first-order valence-corrected chi connectivity index (χ1v) is 11.7. The fourth-order valence-corrected chi connectivity index (χ4v) is 3.31. The minimum absolute atomic E-state index is 0.0914. The van der Waals surface area contributed by atoms with Crippen LogP contribution in [-0.4, -0.2) is 31.0 Å². The molecule has 3 N–H and O–H groups in total. The van der Waals surface area contributed by atoms with E-state index in [1.54, 1.807) is 18.2 Å². The lowest BCUT2D eigenvalue weighted by Gasteiger charge is -2.13. The number of amides is 2. The Kier molecular flexibility index (Phi) is 9.52. The number of benzene rings is 3. The molecule has 3 aromatic carbocycles. The Hall–Kier alpha value is -3.80. The van der Waals surface area contributed by atoms with Gasteiger partial charge in [0.2, 0.25) is 5.91 Å². The highest BCUT2D eigenvalue weighted by Gasteiger charge is 2.09. The summed E-state index contributed by atoms with van der Waals surface area (Å²) in [7, 11) is 0. The Labute approximate surface area is 201 Å². The van der Waals surface area contributed by atoms with Gasteiger partial charge in [0.1, 0.15) is 5.75 Å². The van der Waals surface area contributed by atoms with Crippen LogP contribution in [0.5, 0.6) is 5.75 Å². The van der Waals surface area contributed by atoms with E-state index in [0.717, 1.165) is 25.0 Å². The summed E-state index contributed by atoms with van der Waals surface area (Å²) in [6, 6.07) is 24.9. The molecule has 0 aliphatic carbocycles. The van der Waals surface area contributed by atoms with Gasteiger partial charge in [-0.3, -0.25) is 9.59 Å². The van der Waals surface area contributed by atoms with Gasteiger partial charge in [0, 0.05) is 23.0 Å². The Balaban J connectivity index is 1.40. The van der Waals surface area contributed by atoms with Gasteiger partial charge in [0.15, 0.2) is 0 Å². The van der Waals surface area contributed by atoms with Crippen molar-refractivity contribution in [2.24, 2.45) is 0 Å². The fourth-order valence-electron chi connectivity index (χ4n) is 3.31. The summed E-state index contributed by atoms with van der Waals surface area (Å²) >= 11 is 0. The maximum atomic E-state index is 12.3. The lowest BCUT2D eigenvalue weighted by Crippen LogP contribution is -2.31. The second-order valence-electron chi connectivity index (χ2n) is 8.23. The van der Waals surface area contributed by atoms with Crippen LogP contribution in [0.25, 0.3) is 0 Å². The number of carbonyl (C=O) groups is 2. The third-order valence-corrected chi connectivity index (χ3v) is 5.43. The zero-order valence-electron chi connectivity index (χ0n) is 19.8. The highest BCUT2D eigenvalue weighted by Crippen LogP contribution is 2.17. The van der Waals surface area contributed by atoms with Crippen molar-refractivity contribution in [3.63, 3.8) is 0 Å². The van der Waals surface area contributed by atoms with E-state index in [4.69, 9.17) is 4.74 Å². The predicted molar refractivity (Wildman–Crippen MR) is 137 cm³/mol. The van der Waals surface area contributed by atoms with Crippen LogP contribution in [0.1, 0.15) is 42.6 Å². The average molecular weight is 460 g/mol. The minimum Gasteiger partial charge on any atom is -0.494 e. The monoisotopic (exact) mass is 459 g/mol. The lowest BCUT2D eigenvalue weighted by molar-refractivity contribution is -0.114. The number of nitrogens with one attached hydrogen (secondary N) is 3. The lowest BCUT2D eigenvalue weighted by atomic mass is 10.1. The molecule has 3 aromatic rings. The molecule has 0 radical (unpaired) electrons. The van der Waals surface area contributed by atoms with Gasteiger partial charge in [-0.1, -0.05) is 43.3 Å². The van der Waals surface area contributed by atoms with Crippen molar-refractivity contribution in [2.75, 3.05) is 23.8 Å². The number of carbonyl (C=O) groups excluding carboxylic acids is 2. The van der Waals surface area contributed by atoms with Gasteiger partial charge in [0.25, 0.3) is 5.91 Å². The Morgan fingerprint density at radius 2 is 1.68 bits per heavy atom. The Morgan fingerprint density at radius 1 is 0.912 bits per heavy atom. The minimum atomic E-state index is -0.175. The summed E-state index contributed by atoms with van der Waals surface area (Å²) in [4.78, 5) is 24.6. The van der Waals surface area contributed by atoms with E-state index in [9.17, 15) is 9.59 Å². The third-order valence-electron chi connectivity index (χ3n) is 5.43. The average Bonchev–Trinajstić information content (AvgIpc) is 2.87. The molecule has 34 heavy (non-hydrogen) atoms. The molecule has 0 aliphatic heterocycles. The Morgan fingerprint density at radius 3 is 2.41 bits per heavy atom. The molecule has 3 rings (SSSR count). The van der Waals surface area contributed by atoms with Crippen molar-refractivity contribution in [2.45, 2.75) is 39.2 Å². The summed E-state index contributed by atoms with van der Waals surface area (Å²) in [6.07, 6.45) is 2.79. The van der Waals surface area contributed by atoms with Gasteiger partial charge in [-0.2, -0.15) is 0 Å². The molecule has 0 bridgehead atoms. The first-order valence-electron chi connectivity index (χ1n) is 11.7. The van der Waals surface area contributed by atoms with Crippen molar-refractivity contribution in [3.05, 3.63) is 90.0 Å². The second-order valence-corrected chi connectivity index (χ2v) is 8.23. The molecule has 0 aliphatic rings. The fraction of sp³-hybridized carbons (Fsp3) is 0.286. The standard InChI is InChI=1S/C28H33N3O3/c1-3-21(2)30-28(33)23-12-7-13-25(19-23)29-20-27(32)31-24-14-16-26(17-15-24)34-18-8-11-22-9-5-4-6-10-22/h4-7,9-10,12-17,19,21,29H,3,8,11,18,20H2,1-2H3,(H,30,33)(H,31,32). The molecular weight excluding hydrogens is 426 g/mol. The van der Waals surface area contributed by atoms with E-state index in [0.29, 0.717) is 23.5 Å². The van der Waals surface area contributed by atoms with Crippen LogP contribution in [0.3, 0.4) is 0 Å². The number of hydrogen-bond acceptors (Lipinski definition) is 4. The highest BCUT2D eigenvalue weighted by atomic mass is 16.5. The van der Waals surface area contributed by atoms with Gasteiger partial charge in [0.05, 0.1) is 13.2 Å². The van der Waals surface area contributed by atoms with Crippen LogP contribution < -0.4 is 20.7 Å². The number of anilines is 2. The van der Waals surface area contributed by atoms with Gasteiger partial charge in [-0.25, -0.2) is 0 Å². The molecule has 1 unspecified atom stereocenters. The Bertz CT molecular complexity index is 1050. The zero-order valence-corrected chi connectivity index (χ0v) is 19.8. The summed E-state index contributed by atoms with van der Waals surface area (Å²) < 4.78 is 5.80. The van der Waals surface area contributed by atoms with Gasteiger partial charge in [-0.05, 0) is 74.2 Å². The van der Waals surface area contributed by atoms with Gasteiger partial charge < -0.3 is 20.7 Å². The van der Waals surface area contributed by atoms with Crippen LogP contribution in [0, 0.1) is 0 Å². The van der Waals surface area contributed by atoms with E-state index in [2.05, 4.69) is 28.1 Å². The number of ether oxygens (including phenoxy) is 1. The molecule has 0 heterocycles. The zero-order chi connectivity index (χ0) is 24.2. The summed E-state index contributed by atoms with van der Waals surface area (Å²) in [6.45, 7) is 4.72. The first-order chi connectivity index (χ1) is 16.5. The second kappa shape index (κ2) is 13.0. The molecule has 2 amide bonds. The smallest absolute Gasteiger partial charge is 0.251 e. The number of aryl methyl sites for hydroxylation is 1. The SMILES string of the molecule is CCC(C)NC(=O)c1cccc(NCC(=O)Nc2ccc(OCCCc3ccccc3)cc2)c1. The molecular formula is C28H33N3O3.